The highest BCUT2D eigenvalue weighted by atomic mass is 16.5. The average molecular weight is 250 g/mol. The molecule has 1 aliphatic heterocycles. The third-order valence-corrected chi connectivity index (χ3v) is 2.81. The Kier molecular flexibility index (Phi) is 2.94. The first kappa shape index (κ1) is 12.3. The molecule has 0 aliphatic carbocycles. The predicted octanol–water partition coefficient (Wildman–Crippen LogP) is 1.28. The maximum absolute atomic E-state index is 11.9. The quantitative estimate of drug-likeness (QED) is 0.843. The first-order valence-electron chi connectivity index (χ1n) is 5.54. The number of fused-ring (bicyclic) bond motifs is 1. The first-order chi connectivity index (χ1) is 8.40. The summed E-state index contributed by atoms with van der Waals surface area (Å²) in [6, 6.07) is 3.38. The highest BCUT2D eigenvalue weighted by Gasteiger charge is 2.42. The van der Waals surface area contributed by atoms with Crippen LogP contribution in [-0.2, 0) is 9.59 Å². The van der Waals surface area contributed by atoms with E-state index in [-0.39, 0.29) is 12.3 Å². The number of nitrogens with zero attached hydrogens (tertiary/aromatic N) is 1. The van der Waals surface area contributed by atoms with Crippen molar-refractivity contribution in [3.05, 3.63) is 18.3 Å². The predicted molar refractivity (Wildman–Crippen MR) is 63.3 cm³/mol. The number of anilines is 1. The smallest absolute Gasteiger partial charge is 0.304 e. The van der Waals surface area contributed by atoms with Gasteiger partial charge in [0.2, 0.25) is 0 Å². The van der Waals surface area contributed by atoms with Gasteiger partial charge in [-0.25, -0.2) is 4.98 Å². The number of pyridine rings is 1. The zero-order valence-electron chi connectivity index (χ0n) is 10.1. The molecule has 0 bridgehead atoms. The van der Waals surface area contributed by atoms with Crippen molar-refractivity contribution < 1.29 is 19.4 Å². The minimum atomic E-state index is -0.964. The number of carbonyl (C=O) groups excluding carboxylic acids is 1. The molecule has 18 heavy (non-hydrogen) atoms. The fraction of sp³-hybridized carbons (Fsp3) is 0.417. The van der Waals surface area contributed by atoms with Crippen LogP contribution in [0.3, 0.4) is 0 Å². The van der Waals surface area contributed by atoms with Gasteiger partial charge in [0, 0.05) is 11.6 Å². The van der Waals surface area contributed by atoms with Crippen molar-refractivity contribution >= 4 is 17.7 Å². The van der Waals surface area contributed by atoms with Crippen LogP contribution in [-0.4, -0.2) is 28.1 Å². The van der Waals surface area contributed by atoms with Gasteiger partial charge in [-0.2, -0.15) is 0 Å². The summed E-state index contributed by atoms with van der Waals surface area (Å²) in [5.41, 5.74) is -0.802. The molecule has 6 nitrogen and oxygen atoms in total. The summed E-state index contributed by atoms with van der Waals surface area (Å²) in [6.45, 7) is 3.37. The van der Waals surface area contributed by atoms with Crippen molar-refractivity contribution in [2.24, 2.45) is 5.41 Å². The van der Waals surface area contributed by atoms with Gasteiger partial charge < -0.3 is 15.2 Å². The Morgan fingerprint density at radius 1 is 1.61 bits per heavy atom. The van der Waals surface area contributed by atoms with Crippen molar-refractivity contribution in [3.63, 3.8) is 0 Å². The van der Waals surface area contributed by atoms with Crippen molar-refractivity contribution in [3.8, 4) is 5.75 Å². The Morgan fingerprint density at radius 3 is 3.00 bits per heavy atom. The van der Waals surface area contributed by atoms with Gasteiger partial charge in [-0.1, -0.05) is 13.8 Å². The fourth-order valence-electron chi connectivity index (χ4n) is 1.94. The third kappa shape index (κ3) is 2.27. The lowest BCUT2D eigenvalue weighted by Crippen LogP contribution is -2.48. The number of aliphatic carboxylic acids is 1. The van der Waals surface area contributed by atoms with Crippen LogP contribution < -0.4 is 10.1 Å². The number of ether oxygens (including phenoxy) is 1. The number of nitrogens with one attached hydrogen (secondary N) is 1. The number of aromatic nitrogens is 1. The standard InChI is InChI=1S/C12H14N2O4/c1-12(2,6-8(15)16)9-11(17)14-10-7(18-9)4-3-5-13-10/h3-5,9H,6H2,1-2H3,(H,15,16)(H,13,14,17). The first-order valence-corrected chi connectivity index (χ1v) is 5.54. The molecule has 1 aromatic heterocycles. The SMILES string of the molecule is CC(C)(CC(=O)O)C1Oc2cccnc2NC1=O. The van der Waals surface area contributed by atoms with E-state index in [4.69, 9.17) is 9.84 Å². The van der Waals surface area contributed by atoms with Gasteiger partial charge in [0.15, 0.2) is 17.7 Å². The second kappa shape index (κ2) is 4.29. The fourth-order valence-corrected chi connectivity index (χ4v) is 1.94. The Morgan fingerprint density at radius 2 is 2.33 bits per heavy atom. The van der Waals surface area contributed by atoms with Gasteiger partial charge in [-0.05, 0) is 12.1 Å². The normalized spacial score (nSPS) is 18.6. The summed E-state index contributed by atoms with van der Waals surface area (Å²) in [6.07, 6.45) is 0.552. The van der Waals surface area contributed by atoms with Crippen LogP contribution in [0.1, 0.15) is 20.3 Å². The maximum atomic E-state index is 11.9. The molecule has 96 valence electrons. The molecule has 0 radical (unpaired) electrons. The molecule has 6 heteroatoms. The minimum Gasteiger partial charge on any atom is -0.481 e. The summed E-state index contributed by atoms with van der Waals surface area (Å²) in [7, 11) is 0. The number of hydrogen-bond donors (Lipinski definition) is 2. The van der Waals surface area contributed by atoms with Gasteiger partial charge in [-0.15, -0.1) is 0 Å². The molecule has 1 unspecified atom stereocenters. The van der Waals surface area contributed by atoms with Crippen molar-refractivity contribution in [2.45, 2.75) is 26.4 Å². The van der Waals surface area contributed by atoms with Gasteiger partial charge >= 0.3 is 5.97 Å². The van der Waals surface area contributed by atoms with E-state index in [1.54, 1.807) is 32.2 Å². The Balaban J connectivity index is 2.27. The number of rotatable bonds is 3. The van der Waals surface area contributed by atoms with Gasteiger partial charge in [0.1, 0.15) is 0 Å². The van der Waals surface area contributed by atoms with Crippen LogP contribution in [0.2, 0.25) is 0 Å². The van der Waals surface area contributed by atoms with E-state index in [2.05, 4.69) is 10.3 Å². The highest BCUT2D eigenvalue weighted by Crippen LogP contribution is 2.35. The number of amides is 1. The second-order valence-electron chi connectivity index (χ2n) is 4.90. The van der Waals surface area contributed by atoms with Crippen molar-refractivity contribution in [1.29, 1.82) is 0 Å². The number of carboxylic acids is 1. The van der Waals surface area contributed by atoms with Crippen LogP contribution in [0.25, 0.3) is 0 Å². The van der Waals surface area contributed by atoms with Crippen molar-refractivity contribution in [2.75, 3.05) is 5.32 Å². The molecule has 0 fully saturated rings. The van der Waals surface area contributed by atoms with E-state index in [9.17, 15) is 9.59 Å². The zero-order chi connectivity index (χ0) is 13.3. The highest BCUT2D eigenvalue weighted by molar-refractivity contribution is 5.97. The summed E-state index contributed by atoms with van der Waals surface area (Å²) in [4.78, 5) is 26.7. The molecule has 0 saturated heterocycles. The summed E-state index contributed by atoms with van der Waals surface area (Å²) in [5.74, 6) is -0.508. The topological polar surface area (TPSA) is 88.5 Å². The largest absolute Gasteiger partial charge is 0.481 e. The second-order valence-corrected chi connectivity index (χ2v) is 4.90. The third-order valence-electron chi connectivity index (χ3n) is 2.81. The van der Waals surface area contributed by atoms with Gasteiger partial charge in [0.05, 0.1) is 6.42 Å². The van der Waals surface area contributed by atoms with Crippen LogP contribution in [0.15, 0.2) is 18.3 Å². The van der Waals surface area contributed by atoms with Crippen LogP contribution >= 0.6 is 0 Å². The molecule has 1 atom stereocenters. The molecule has 1 aliphatic rings. The molecule has 0 spiro atoms. The Labute approximate surface area is 104 Å². The van der Waals surface area contributed by atoms with Crippen LogP contribution in [0.5, 0.6) is 5.75 Å². The van der Waals surface area contributed by atoms with Gasteiger partial charge in [0.25, 0.3) is 5.91 Å². The molecule has 0 saturated carbocycles. The van der Waals surface area contributed by atoms with Crippen LogP contribution in [0.4, 0.5) is 5.82 Å². The summed E-state index contributed by atoms with van der Waals surface area (Å²) >= 11 is 0. The summed E-state index contributed by atoms with van der Waals surface area (Å²) in [5, 5.41) is 11.5. The Hall–Kier alpha value is -2.11. The number of hydrogen-bond acceptors (Lipinski definition) is 4. The monoisotopic (exact) mass is 250 g/mol. The molecule has 1 aromatic rings. The minimum absolute atomic E-state index is 0.152. The molecule has 2 rings (SSSR count). The number of carbonyl (C=O) groups is 2. The number of carboxylic acid groups (broad SMARTS) is 1. The van der Waals surface area contributed by atoms with E-state index in [0.29, 0.717) is 11.6 Å². The maximum Gasteiger partial charge on any atom is 0.304 e. The van der Waals surface area contributed by atoms with E-state index in [1.807, 2.05) is 0 Å². The molecule has 2 heterocycles. The lowest BCUT2D eigenvalue weighted by molar-refractivity contribution is -0.142. The zero-order valence-corrected chi connectivity index (χ0v) is 10.1. The average Bonchev–Trinajstić information content (AvgIpc) is 2.26. The molecule has 1 amide bonds. The van der Waals surface area contributed by atoms with E-state index in [0.717, 1.165) is 0 Å². The van der Waals surface area contributed by atoms with Crippen molar-refractivity contribution in [1.82, 2.24) is 4.98 Å². The Bertz CT molecular complexity index is 499. The van der Waals surface area contributed by atoms with Gasteiger partial charge in [-0.3, -0.25) is 9.59 Å². The van der Waals surface area contributed by atoms with E-state index < -0.39 is 17.5 Å². The van der Waals surface area contributed by atoms with Crippen LogP contribution in [0, 0.1) is 5.41 Å². The summed E-state index contributed by atoms with van der Waals surface area (Å²) < 4.78 is 5.57. The lowest BCUT2D eigenvalue weighted by atomic mass is 9.82. The van der Waals surface area contributed by atoms with E-state index >= 15 is 0 Å². The molecule has 2 N–H and O–H groups in total. The lowest BCUT2D eigenvalue weighted by Gasteiger charge is -2.35. The molecular weight excluding hydrogens is 236 g/mol. The molecular formula is C12H14N2O4. The van der Waals surface area contributed by atoms with E-state index in [1.165, 1.54) is 0 Å². The molecule has 0 aromatic carbocycles.